The molecule has 8 heteroatoms. The van der Waals surface area contributed by atoms with Crippen LogP contribution in [0, 0.1) is 22.6 Å². The Kier molecular flexibility index (Phi) is 13.2. The largest absolute Gasteiger partial charge is 0.384 e. The molecule has 2 unspecified atom stereocenters. The van der Waals surface area contributed by atoms with Crippen molar-refractivity contribution < 1.29 is 4.39 Å². The molecule has 1 aromatic rings. The molecule has 0 amide bonds. The number of anilines is 2. The number of hydrogen-bond acceptors (Lipinski definition) is 7. The lowest BCUT2D eigenvalue weighted by atomic mass is 9.90. The molecule has 1 rings (SSSR count). The summed E-state index contributed by atoms with van der Waals surface area (Å²) in [5.41, 5.74) is 3.31. The summed E-state index contributed by atoms with van der Waals surface area (Å²) in [6, 6.07) is 2.97. The van der Waals surface area contributed by atoms with E-state index in [1.54, 1.807) is 13.1 Å². The zero-order valence-electron chi connectivity index (χ0n) is 25.0. The number of hydrogen-bond donors (Lipinski definition) is 3. The molecule has 1 heterocycles. The molecular weight excluding hydrogens is 489 g/mol. The Morgan fingerprint density at radius 1 is 1.26 bits per heavy atom. The molecule has 0 aliphatic heterocycles. The molecule has 0 spiro atoms. The molecule has 0 saturated heterocycles. The van der Waals surface area contributed by atoms with Gasteiger partial charge in [-0.2, -0.15) is 5.26 Å². The highest BCUT2D eigenvalue weighted by molar-refractivity contribution is 6.00. The number of allylic oxidation sites excluding steroid dienone is 5. The van der Waals surface area contributed by atoms with Gasteiger partial charge in [0.1, 0.15) is 6.07 Å². The number of aromatic nitrogens is 1. The molecule has 0 saturated carbocycles. The summed E-state index contributed by atoms with van der Waals surface area (Å²) in [6.45, 7) is 24.4. The second kappa shape index (κ2) is 15.5. The van der Waals surface area contributed by atoms with Crippen LogP contribution in [0.5, 0.6) is 0 Å². The van der Waals surface area contributed by atoms with Crippen molar-refractivity contribution in [2.24, 2.45) is 10.4 Å². The monoisotopic (exact) mass is 535 g/mol. The van der Waals surface area contributed by atoms with Gasteiger partial charge in [0.25, 0.3) is 0 Å². The summed E-state index contributed by atoms with van der Waals surface area (Å²) in [5, 5.41) is 19.3. The summed E-state index contributed by atoms with van der Waals surface area (Å²) < 4.78 is 14.9. The summed E-state index contributed by atoms with van der Waals surface area (Å²) in [5.74, 6) is -0.352. The average molecular weight is 536 g/mol. The minimum atomic E-state index is -0.607. The van der Waals surface area contributed by atoms with Gasteiger partial charge in [0.2, 0.25) is 0 Å². The molecule has 0 aromatic carbocycles. The zero-order chi connectivity index (χ0) is 29.8. The molecule has 1 aromatic heterocycles. The Labute approximate surface area is 235 Å². The first-order valence-corrected chi connectivity index (χ1v) is 13.2. The van der Waals surface area contributed by atoms with Crippen LogP contribution in [0.15, 0.2) is 72.3 Å². The maximum Gasteiger partial charge on any atom is 0.166 e. The number of aliphatic imine (C=N–C) groups is 1. The number of pyridine rings is 1. The molecule has 0 fully saturated rings. The molecule has 2 atom stereocenters. The third-order valence-corrected chi connectivity index (χ3v) is 5.85. The predicted molar refractivity (Wildman–Crippen MR) is 164 cm³/mol. The Balaban J connectivity index is 3.24. The van der Waals surface area contributed by atoms with Crippen LogP contribution in [0.1, 0.15) is 66.4 Å². The number of halogens is 1. The fourth-order valence-corrected chi connectivity index (χ4v) is 3.85. The minimum absolute atomic E-state index is 0.0435. The van der Waals surface area contributed by atoms with Crippen molar-refractivity contribution in [2.45, 2.75) is 72.9 Å². The molecule has 212 valence electrons. The fourth-order valence-electron chi connectivity index (χ4n) is 3.85. The van der Waals surface area contributed by atoms with Crippen molar-refractivity contribution >= 4 is 17.3 Å². The lowest BCUT2D eigenvalue weighted by molar-refractivity contribution is 0.388. The van der Waals surface area contributed by atoms with Gasteiger partial charge in [0, 0.05) is 43.8 Å². The van der Waals surface area contributed by atoms with Crippen molar-refractivity contribution in [3.63, 3.8) is 0 Å². The van der Waals surface area contributed by atoms with Gasteiger partial charge in [-0.1, -0.05) is 59.9 Å². The first kappa shape index (κ1) is 33.2. The van der Waals surface area contributed by atoms with E-state index in [0.29, 0.717) is 5.70 Å². The lowest BCUT2D eigenvalue weighted by Crippen LogP contribution is -2.40. The lowest BCUT2D eigenvalue weighted by Gasteiger charge is -2.28. The van der Waals surface area contributed by atoms with Gasteiger partial charge in [0.05, 0.1) is 17.0 Å². The summed E-state index contributed by atoms with van der Waals surface area (Å²) in [6.07, 6.45) is 9.74. The normalized spacial score (nSPS) is 13.8. The number of nitrogens with zero attached hydrogens (tertiary/aromatic N) is 4. The topological polar surface area (TPSA) is 88.4 Å². The maximum atomic E-state index is 14.9. The molecule has 7 nitrogen and oxygen atoms in total. The second-order valence-electron chi connectivity index (χ2n) is 10.8. The van der Waals surface area contributed by atoms with E-state index in [1.165, 1.54) is 6.07 Å². The first-order valence-electron chi connectivity index (χ1n) is 13.2. The zero-order valence-corrected chi connectivity index (χ0v) is 25.0. The number of rotatable bonds is 15. The molecular formula is C31H46FN7. The summed E-state index contributed by atoms with van der Waals surface area (Å²) in [4.78, 5) is 10.8. The number of nitriles is 1. The van der Waals surface area contributed by atoms with E-state index in [0.717, 1.165) is 36.4 Å². The van der Waals surface area contributed by atoms with E-state index in [-0.39, 0.29) is 34.7 Å². The van der Waals surface area contributed by atoms with Crippen LogP contribution in [0.4, 0.5) is 16.0 Å². The SMILES string of the molecule is C=C/C=C\N(C)/C(=C/C(=C)Nc1nc(NC(C)C(C)NC(=C)CC(C)(C)C)c(F)cc1C#N)C(CCC)=NC. The van der Waals surface area contributed by atoms with E-state index in [1.807, 2.05) is 50.2 Å². The van der Waals surface area contributed by atoms with Crippen LogP contribution < -0.4 is 16.0 Å². The third kappa shape index (κ3) is 11.2. The van der Waals surface area contributed by atoms with Crippen molar-refractivity contribution in [3.8, 4) is 6.07 Å². The first-order chi connectivity index (χ1) is 18.3. The Hall–Kier alpha value is -3.86. The Bertz CT molecular complexity index is 1150. The third-order valence-electron chi connectivity index (χ3n) is 5.85. The standard InChI is InChI=1S/C31H46FN7/c1-12-14-16-39(11)28(27(34-10)15-13-2)17-21(3)36-29-25(20-33)18-26(32)30(38-29)37-24(6)23(5)35-22(4)19-31(7,8)9/h12,14,16-18,23-24,35H,1,3-4,13,15,19H2,2,5-11H3,(H2,36,37,38)/b16-14-,28-17+,34-27?. The quantitative estimate of drug-likeness (QED) is 0.163. The molecule has 39 heavy (non-hydrogen) atoms. The fraction of sp³-hybridized carbons (Fsp3) is 0.452. The second-order valence-corrected chi connectivity index (χ2v) is 10.8. The van der Waals surface area contributed by atoms with Crippen molar-refractivity contribution in [1.82, 2.24) is 15.2 Å². The van der Waals surface area contributed by atoms with Gasteiger partial charge in [0.15, 0.2) is 17.5 Å². The van der Waals surface area contributed by atoms with Crippen LogP contribution in [0.2, 0.25) is 0 Å². The predicted octanol–water partition coefficient (Wildman–Crippen LogP) is 7.13. The van der Waals surface area contributed by atoms with E-state index >= 15 is 0 Å². The van der Waals surface area contributed by atoms with E-state index in [9.17, 15) is 9.65 Å². The van der Waals surface area contributed by atoms with Crippen LogP contribution in [0.25, 0.3) is 0 Å². The van der Waals surface area contributed by atoms with Crippen molar-refractivity contribution in [2.75, 3.05) is 24.7 Å². The minimum Gasteiger partial charge on any atom is -0.384 e. The van der Waals surface area contributed by atoms with E-state index in [4.69, 9.17) is 0 Å². The number of nitrogens with one attached hydrogen (secondary N) is 3. The molecule has 3 N–H and O–H groups in total. The highest BCUT2D eigenvalue weighted by Gasteiger charge is 2.20. The maximum absolute atomic E-state index is 14.9. The molecule has 0 radical (unpaired) electrons. The molecule has 0 aliphatic carbocycles. The van der Waals surface area contributed by atoms with Crippen LogP contribution in [-0.2, 0) is 0 Å². The Morgan fingerprint density at radius 3 is 2.46 bits per heavy atom. The highest BCUT2D eigenvalue weighted by Crippen LogP contribution is 2.24. The smallest absolute Gasteiger partial charge is 0.166 e. The van der Waals surface area contributed by atoms with Crippen molar-refractivity contribution in [3.05, 3.63) is 78.7 Å². The Morgan fingerprint density at radius 2 is 1.92 bits per heavy atom. The van der Waals surface area contributed by atoms with Gasteiger partial charge < -0.3 is 20.9 Å². The molecule has 0 bridgehead atoms. The van der Waals surface area contributed by atoms with E-state index in [2.05, 4.69) is 73.4 Å². The van der Waals surface area contributed by atoms with Gasteiger partial charge in [-0.25, -0.2) is 9.37 Å². The average Bonchev–Trinajstić information content (AvgIpc) is 2.84. The summed E-state index contributed by atoms with van der Waals surface area (Å²) in [7, 11) is 3.66. The summed E-state index contributed by atoms with van der Waals surface area (Å²) >= 11 is 0. The van der Waals surface area contributed by atoms with Crippen LogP contribution in [0.3, 0.4) is 0 Å². The van der Waals surface area contributed by atoms with Gasteiger partial charge >= 0.3 is 0 Å². The van der Waals surface area contributed by atoms with Gasteiger partial charge in [-0.05, 0) is 50.3 Å². The van der Waals surface area contributed by atoms with Crippen molar-refractivity contribution in [1.29, 1.82) is 5.26 Å². The van der Waals surface area contributed by atoms with Gasteiger partial charge in [-0.15, -0.1) is 0 Å². The van der Waals surface area contributed by atoms with Gasteiger partial charge in [-0.3, -0.25) is 4.99 Å². The van der Waals surface area contributed by atoms with Crippen LogP contribution in [-0.4, -0.2) is 41.8 Å². The molecule has 0 aliphatic rings. The van der Waals surface area contributed by atoms with E-state index < -0.39 is 5.82 Å². The van der Waals surface area contributed by atoms with Crippen LogP contribution >= 0.6 is 0 Å². The highest BCUT2D eigenvalue weighted by atomic mass is 19.1.